The van der Waals surface area contributed by atoms with Gasteiger partial charge < -0.3 is 14.2 Å². The van der Waals surface area contributed by atoms with Crippen molar-refractivity contribution in [2.75, 3.05) is 13.2 Å². The molecule has 51 heavy (non-hydrogen) atoms. The summed E-state index contributed by atoms with van der Waals surface area (Å²) >= 11 is 0. The zero-order valence-electron chi connectivity index (χ0n) is 34.9. The van der Waals surface area contributed by atoms with E-state index in [1.807, 2.05) is 0 Å². The second-order valence-corrected chi connectivity index (χ2v) is 15.9. The molecule has 0 radical (unpaired) electrons. The summed E-state index contributed by atoms with van der Waals surface area (Å²) in [5, 5.41) is 0. The maximum absolute atomic E-state index is 12.8. The Balaban J connectivity index is 4.55. The molecular formula is C45H86O6. The Bertz CT molecular complexity index is 746. The highest BCUT2D eigenvalue weighted by Crippen LogP contribution is 2.22. The molecule has 0 spiro atoms. The molecule has 0 aromatic rings. The maximum atomic E-state index is 12.8. The second kappa shape index (κ2) is 36.8. The van der Waals surface area contributed by atoms with Gasteiger partial charge in [0, 0.05) is 6.42 Å². The molecule has 0 aliphatic heterocycles. The van der Waals surface area contributed by atoms with Crippen LogP contribution in [0.4, 0.5) is 0 Å². The summed E-state index contributed by atoms with van der Waals surface area (Å²) in [7, 11) is 0. The monoisotopic (exact) mass is 723 g/mol. The van der Waals surface area contributed by atoms with Crippen LogP contribution < -0.4 is 0 Å². The first-order valence-corrected chi connectivity index (χ1v) is 22.3. The van der Waals surface area contributed by atoms with E-state index >= 15 is 0 Å². The maximum Gasteiger partial charge on any atom is 0.308 e. The van der Waals surface area contributed by atoms with E-state index in [9.17, 15) is 14.4 Å². The molecule has 0 bridgehead atoms. The molecule has 0 saturated heterocycles. The van der Waals surface area contributed by atoms with Gasteiger partial charge in [-0.1, -0.05) is 157 Å². The number of unbranched alkanes of at least 4 members (excludes halogenated alkanes) is 15. The normalized spacial score (nSPS) is 13.2. The van der Waals surface area contributed by atoms with E-state index in [1.54, 1.807) is 0 Å². The molecule has 0 saturated carbocycles. The van der Waals surface area contributed by atoms with Crippen LogP contribution in [0, 0.1) is 17.8 Å². The van der Waals surface area contributed by atoms with Crippen LogP contribution in [0.15, 0.2) is 0 Å². The highest BCUT2D eigenvalue weighted by atomic mass is 16.5. The predicted molar refractivity (Wildman–Crippen MR) is 215 cm³/mol. The molecular weight excluding hydrogens is 636 g/mol. The first kappa shape index (κ1) is 49.4. The van der Waals surface area contributed by atoms with E-state index in [0.717, 1.165) is 148 Å². The average Bonchev–Trinajstić information content (AvgIpc) is 3.11. The Morgan fingerprint density at radius 2 is 0.784 bits per heavy atom. The van der Waals surface area contributed by atoms with E-state index in [1.165, 1.54) is 38.5 Å². The first-order valence-electron chi connectivity index (χ1n) is 22.3. The number of ether oxygens (including phenoxy) is 3. The fraction of sp³-hybridized carbons (Fsp3) is 0.933. The number of hydrogen-bond donors (Lipinski definition) is 0. The van der Waals surface area contributed by atoms with E-state index in [0.29, 0.717) is 25.6 Å². The Hall–Kier alpha value is -1.59. The lowest BCUT2D eigenvalue weighted by atomic mass is 9.95. The quantitative estimate of drug-likeness (QED) is 0.0359. The smallest absolute Gasteiger partial charge is 0.308 e. The third-order valence-corrected chi connectivity index (χ3v) is 10.3. The zero-order chi connectivity index (χ0) is 37.8. The van der Waals surface area contributed by atoms with Crippen LogP contribution in [-0.2, 0) is 28.6 Å². The Labute approximate surface area is 317 Å². The van der Waals surface area contributed by atoms with Gasteiger partial charge in [-0.25, -0.2) is 0 Å². The summed E-state index contributed by atoms with van der Waals surface area (Å²) in [5.74, 6) is 0.746. The van der Waals surface area contributed by atoms with E-state index in [-0.39, 0.29) is 35.8 Å². The lowest BCUT2D eigenvalue weighted by molar-refractivity contribution is -0.150. The summed E-state index contributed by atoms with van der Waals surface area (Å²) in [5.41, 5.74) is 0. The van der Waals surface area contributed by atoms with Gasteiger partial charge in [0.2, 0.25) is 0 Å². The van der Waals surface area contributed by atoms with Gasteiger partial charge in [-0.05, 0) is 76.5 Å². The van der Waals surface area contributed by atoms with Crippen LogP contribution in [-0.4, -0.2) is 37.2 Å². The van der Waals surface area contributed by atoms with Crippen molar-refractivity contribution >= 4 is 17.9 Å². The third kappa shape index (κ3) is 31.6. The summed E-state index contributed by atoms with van der Waals surface area (Å²) < 4.78 is 17.5. The van der Waals surface area contributed by atoms with Gasteiger partial charge in [0.15, 0.2) is 0 Å². The predicted octanol–water partition coefficient (Wildman–Crippen LogP) is 13.7. The summed E-state index contributed by atoms with van der Waals surface area (Å²) in [6.07, 6.45) is 31.2. The van der Waals surface area contributed by atoms with Gasteiger partial charge in [0.25, 0.3) is 0 Å². The average molecular weight is 723 g/mol. The Morgan fingerprint density at radius 1 is 0.412 bits per heavy atom. The molecule has 0 rings (SSSR count). The molecule has 0 heterocycles. The summed E-state index contributed by atoms with van der Waals surface area (Å²) in [6, 6.07) is 0. The van der Waals surface area contributed by atoms with Gasteiger partial charge in [-0.15, -0.1) is 0 Å². The highest BCUT2D eigenvalue weighted by molar-refractivity contribution is 5.72. The fourth-order valence-electron chi connectivity index (χ4n) is 6.86. The van der Waals surface area contributed by atoms with Crippen molar-refractivity contribution in [2.45, 2.75) is 240 Å². The van der Waals surface area contributed by atoms with Crippen molar-refractivity contribution in [3.63, 3.8) is 0 Å². The second-order valence-electron chi connectivity index (χ2n) is 15.9. The summed E-state index contributed by atoms with van der Waals surface area (Å²) in [4.78, 5) is 38.2. The Morgan fingerprint density at radius 3 is 1.22 bits per heavy atom. The van der Waals surface area contributed by atoms with Crippen LogP contribution in [0.25, 0.3) is 0 Å². The lowest BCUT2D eigenvalue weighted by Crippen LogP contribution is -2.19. The van der Waals surface area contributed by atoms with E-state index in [4.69, 9.17) is 14.2 Å². The fourth-order valence-corrected chi connectivity index (χ4v) is 6.86. The molecule has 0 aromatic carbocycles. The molecule has 2 unspecified atom stereocenters. The SMILES string of the molecule is CCCCCCC(CCCC)C(=O)OCCCCCCC(CCCCCCOC(=O)C(CCCC)CCCCCC)OC(=O)CCCCC(C)C. The first-order chi connectivity index (χ1) is 24.8. The van der Waals surface area contributed by atoms with Crippen molar-refractivity contribution in [3.05, 3.63) is 0 Å². The molecule has 0 aliphatic rings. The zero-order valence-corrected chi connectivity index (χ0v) is 34.9. The topological polar surface area (TPSA) is 78.9 Å². The molecule has 6 heteroatoms. The third-order valence-electron chi connectivity index (χ3n) is 10.3. The largest absolute Gasteiger partial charge is 0.465 e. The minimum Gasteiger partial charge on any atom is -0.465 e. The Kier molecular flexibility index (Phi) is 35.6. The standard InChI is InChI=1S/C45H86O6/c1-7-11-15-21-32-40(30-13-9-3)44(47)49-37-27-19-17-23-34-42(51-43(46)36-26-25-29-39(5)6)35-24-18-20-28-38-50-45(48)41(31-14-10-4)33-22-16-12-8-2/h39-42H,7-38H2,1-6H3. The van der Waals surface area contributed by atoms with Crippen molar-refractivity contribution < 1.29 is 28.6 Å². The van der Waals surface area contributed by atoms with Crippen molar-refractivity contribution in [3.8, 4) is 0 Å². The van der Waals surface area contributed by atoms with E-state index in [2.05, 4.69) is 41.5 Å². The van der Waals surface area contributed by atoms with Crippen molar-refractivity contribution in [2.24, 2.45) is 17.8 Å². The van der Waals surface area contributed by atoms with E-state index < -0.39 is 0 Å². The minimum absolute atomic E-state index is 0.00690. The van der Waals surface area contributed by atoms with Crippen LogP contribution in [0.3, 0.4) is 0 Å². The van der Waals surface area contributed by atoms with Crippen LogP contribution in [0.1, 0.15) is 234 Å². The van der Waals surface area contributed by atoms with Crippen molar-refractivity contribution in [1.29, 1.82) is 0 Å². The molecule has 0 aliphatic carbocycles. The number of carbonyl (C=O) groups excluding carboxylic acids is 3. The lowest BCUT2D eigenvalue weighted by Gasteiger charge is -2.18. The molecule has 2 atom stereocenters. The molecule has 0 fully saturated rings. The van der Waals surface area contributed by atoms with Gasteiger partial charge >= 0.3 is 17.9 Å². The summed E-state index contributed by atoms with van der Waals surface area (Å²) in [6.45, 7) is 14.3. The molecule has 0 aromatic heterocycles. The molecule has 302 valence electrons. The number of hydrogen-bond acceptors (Lipinski definition) is 6. The van der Waals surface area contributed by atoms with Gasteiger partial charge in [0.05, 0.1) is 25.0 Å². The van der Waals surface area contributed by atoms with Gasteiger partial charge in [-0.3, -0.25) is 14.4 Å². The highest BCUT2D eigenvalue weighted by Gasteiger charge is 2.20. The van der Waals surface area contributed by atoms with Gasteiger partial charge in [-0.2, -0.15) is 0 Å². The number of esters is 3. The van der Waals surface area contributed by atoms with Crippen LogP contribution in [0.2, 0.25) is 0 Å². The number of carbonyl (C=O) groups is 3. The van der Waals surface area contributed by atoms with Gasteiger partial charge in [0.1, 0.15) is 6.10 Å². The molecule has 6 nitrogen and oxygen atoms in total. The van der Waals surface area contributed by atoms with Crippen molar-refractivity contribution in [1.82, 2.24) is 0 Å². The van der Waals surface area contributed by atoms with Crippen LogP contribution >= 0.6 is 0 Å². The molecule has 0 amide bonds. The minimum atomic E-state index is -0.0535. The molecule has 0 N–H and O–H groups in total. The van der Waals surface area contributed by atoms with Crippen LogP contribution in [0.5, 0.6) is 0 Å². The number of rotatable bonds is 38.